The van der Waals surface area contributed by atoms with Crippen molar-refractivity contribution in [2.45, 2.75) is 206 Å². The maximum Gasteiger partial charge on any atom is 0.306 e. The Morgan fingerprint density at radius 3 is 1.44 bits per heavy atom. The second-order valence-electron chi connectivity index (χ2n) is 17.2. The lowest BCUT2D eigenvalue weighted by molar-refractivity contribution is -0.870. The number of quaternary nitrogens is 1. The van der Waals surface area contributed by atoms with Crippen molar-refractivity contribution >= 4 is 13.8 Å². The molecule has 0 spiro atoms. The molecule has 0 radical (unpaired) electrons. The molecule has 1 unspecified atom stereocenters. The number of nitrogens with zero attached hydrogens (tertiary/aromatic N) is 1. The van der Waals surface area contributed by atoms with Crippen LogP contribution in [0.3, 0.4) is 0 Å². The number of phosphoric ester groups is 1. The van der Waals surface area contributed by atoms with E-state index in [-0.39, 0.29) is 32.2 Å². The first kappa shape index (κ1) is 57.0. The van der Waals surface area contributed by atoms with E-state index in [0.717, 1.165) is 51.4 Å². The van der Waals surface area contributed by atoms with E-state index in [9.17, 15) is 14.3 Å². The molecule has 59 heavy (non-hydrogen) atoms. The molecule has 0 aromatic carbocycles. The van der Waals surface area contributed by atoms with E-state index < -0.39 is 13.9 Å². The number of phosphoric acid groups is 1. The number of esters is 1. The molecule has 9 heteroatoms. The number of hydrogen-bond acceptors (Lipinski definition) is 7. The first-order valence-corrected chi connectivity index (χ1v) is 25.5. The van der Waals surface area contributed by atoms with Crippen molar-refractivity contribution in [1.82, 2.24) is 0 Å². The van der Waals surface area contributed by atoms with Crippen LogP contribution in [0.5, 0.6) is 0 Å². The van der Waals surface area contributed by atoms with Crippen molar-refractivity contribution in [3.8, 4) is 0 Å². The highest BCUT2D eigenvalue weighted by molar-refractivity contribution is 7.45. The lowest BCUT2D eigenvalue weighted by Gasteiger charge is -2.28. The second kappa shape index (κ2) is 42.7. The van der Waals surface area contributed by atoms with Gasteiger partial charge in [0.05, 0.1) is 34.0 Å². The summed E-state index contributed by atoms with van der Waals surface area (Å²) in [5.41, 5.74) is 0. The highest BCUT2D eigenvalue weighted by atomic mass is 31.2. The molecular weight excluding hydrogens is 758 g/mol. The molecule has 0 saturated carbocycles. The zero-order chi connectivity index (χ0) is 43.4. The maximum absolute atomic E-state index is 12.7. The lowest BCUT2D eigenvalue weighted by Crippen LogP contribution is -2.37. The molecule has 0 bridgehead atoms. The van der Waals surface area contributed by atoms with Gasteiger partial charge in [0.25, 0.3) is 7.82 Å². The Hall–Kier alpha value is -1.96. The fraction of sp³-hybridized carbons (Fsp3) is 0.780. The van der Waals surface area contributed by atoms with Gasteiger partial charge in [-0.2, -0.15) is 0 Å². The van der Waals surface area contributed by atoms with E-state index in [2.05, 4.69) is 62.5 Å². The van der Waals surface area contributed by atoms with E-state index in [4.69, 9.17) is 18.5 Å². The number of rotatable bonds is 44. The van der Waals surface area contributed by atoms with Crippen molar-refractivity contribution in [1.29, 1.82) is 0 Å². The number of unbranched alkanes of at least 4 members (excludes halogenated alkanes) is 22. The molecule has 0 amide bonds. The highest BCUT2D eigenvalue weighted by Crippen LogP contribution is 2.38. The SMILES string of the molecule is CCCCC/C=C/C/C=C/C/C=C/C/C=C/CCCCCC(=O)O[C@H](CO/C=C/CCCCCCCCCCCCCCCCCC)COP(=O)([O-])OCC[N+](C)(C)C. The van der Waals surface area contributed by atoms with Crippen LogP contribution in [0.1, 0.15) is 200 Å². The number of carbonyl (C=O) groups excluding carboxylic acids is 1. The second-order valence-corrected chi connectivity index (χ2v) is 18.6. The predicted octanol–water partition coefficient (Wildman–Crippen LogP) is 14.2. The molecule has 0 aromatic rings. The topological polar surface area (TPSA) is 94.1 Å². The van der Waals surface area contributed by atoms with Crippen LogP contribution in [0.2, 0.25) is 0 Å². The Morgan fingerprint density at radius 2 is 0.949 bits per heavy atom. The van der Waals surface area contributed by atoms with Crippen LogP contribution in [0.4, 0.5) is 0 Å². The summed E-state index contributed by atoms with van der Waals surface area (Å²) >= 11 is 0. The standard InChI is InChI=1S/C50H92NO7P/c1-6-8-10-12-14-16-18-20-22-24-26-27-29-31-33-35-37-39-41-43-50(52)58-49(48-57-59(53,54)56-46-44-51(3,4)5)47-55-45-42-40-38-36-34-32-30-28-25-23-21-19-17-15-13-11-9-7-2/h14,16,20,22,26-27,31,33,42,45,49H,6-13,15,17-19,21,23-25,28-30,32,34-41,43-44,46-48H2,1-5H3/b16-14+,22-20+,27-26+,33-31+,45-42+/t49-/m1/s1. The van der Waals surface area contributed by atoms with Crippen LogP contribution in [-0.2, 0) is 27.9 Å². The largest absolute Gasteiger partial charge is 0.756 e. The summed E-state index contributed by atoms with van der Waals surface area (Å²) in [5, 5.41) is 0. The van der Waals surface area contributed by atoms with Gasteiger partial charge in [0.2, 0.25) is 0 Å². The molecule has 0 rings (SSSR count). The molecular formula is C50H92NO7P. The van der Waals surface area contributed by atoms with Gasteiger partial charge in [0.1, 0.15) is 19.8 Å². The fourth-order valence-corrected chi connectivity index (χ4v) is 7.11. The molecule has 2 atom stereocenters. The van der Waals surface area contributed by atoms with Gasteiger partial charge < -0.3 is 27.9 Å². The van der Waals surface area contributed by atoms with Crippen molar-refractivity contribution in [2.75, 3.05) is 47.5 Å². The van der Waals surface area contributed by atoms with Crippen molar-refractivity contribution < 1.29 is 37.3 Å². The van der Waals surface area contributed by atoms with E-state index in [1.54, 1.807) is 6.26 Å². The van der Waals surface area contributed by atoms with Gasteiger partial charge in [-0.3, -0.25) is 9.36 Å². The number of ether oxygens (including phenoxy) is 2. The molecule has 0 aliphatic rings. The van der Waals surface area contributed by atoms with E-state index in [1.807, 2.05) is 27.2 Å². The summed E-state index contributed by atoms with van der Waals surface area (Å²) in [4.78, 5) is 25.1. The van der Waals surface area contributed by atoms with Gasteiger partial charge in [-0.1, -0.05) is 178 Å². The van der Waals surface area contributed by atoms with Crippen molar-refractivity contribution in [3.05, 3.63) is 60.9 Å². The lowest BCUT2D eigenvalue weighted by atomic mass is 10.0. The van der Waals surface area contributed by atoms with Crippen LogP contribution in [0.15, 0.2) is 60.9 Å². The minimum absolute atomic E-state index is 0.00610. The molecule has 0 aliphatic heterocycles. The first-order valence-electron chi connectivity index (χ1n) is 24.1. The monoisotopic (exact) mass is 850 g/mol. The molecule has 0 heterocycles. The quantitative estimate of drug-likeness (QED) is 0.0150. The zero-order valence-electron chi connectivity index (χ0n) is 38.9. The predicted molar refractivity (Wildman–Crippen MR) is 249 cm³/mol. The Kier molecular flexibility index (Phi) is 41.3. The summed E-state index contributed by atoms with van der Waals surface area (Å²) < 4.78 is 34.4. The highest BCUT2D eigenvalue weighted by Gasteiger charge is 2.20. The Balaban J connectivity index is 4.31. The molecule has 8 nitrogen and oxygen atoms in total. The van der Waals surface area contributed by atoms with Gasteiger partial charge in [-0.05, 0) is 70.3 Å². The van der Waals surface area contributed by atoms with Crippen LogP contribution in [0, 0.1) is 0 Å². The number of allylic oxidation sites excluding steroid dienone is 9. The Labute approximate surface area is 364 Å². The third-order valence-electron chi connectivity index (χ3n) is 10.1. The van der Waals surface area contributed by atoms with Crippen LogP contribution >= 0.6 is 7.82 Å². The fourth-order valence-electron chi connectivity index (χ4n) is 6.38. The summed E-state index contributed by atoms with van der Waals surface area (Å²) in [7, 11) is 1.30. The van der Waals surface area contributed by atoms with Gasteiger partial charge in [-0.15, -0.1) is 0 Å². The minimum Gasteiger partial charge on any atom is -0.756 e. The van der Waals surface area contributed by atoms with Gasteiger partial charge >= 0.3 is 5.97 Å². The molecule has 0 saturated heterocycles. The van der Waals surface area contributed by atoms with Gasteiger partial charge in [0, 0.05) is 6.42 Å². The zero-order valence-corrected chi connectivity index (χ0v) is 39.8. The average molecular weight is 850 g/mol. The van der Waals surface area contributed by atoms with E-state index in [0.29, 0.717) is 17.4 Å². The normalized spacial score (nSPS) is 14.1. The summed E-state index contributed by atoms with van der Waals surface area (Å²) in [6.07, 6.45) is 54.7. The molecule has 344 valence electrons. The van der Waals surface area contributed by atoms with E-state index in [1.165, 1.54) is 122 Å². The summed E-state index contributed by atoms with van der Waals surface area (Å²) in [6, 6.07) is 0. The van der Waals surface area contributed by atoms with Crippen molar-refractivity contribution in [3.63, 3.8) is 0 Å². The molecule has 0 aromatic heterocycles. The minimum atomic E-state index is -4.55. The van der Waals surface area contributed by atoms with Crippen LogP contribution < -0.4 is 4.89 Å². The molecule has 0 fully saturated rings. The average Bonchev–Trinajstić information content (AvgIpc) is 3.19. The maximum atomic E-state index is 12.7. The van der Waals surface area contributed by atoms with Gasteiger partial charge in [-0.25, -0.2) is 0 Å². The third-order valence-corrected chi connectivity index (χ3v) is 11.1. The van der Waals surface area contributed by atoms with Crippen LogP contribution in [0.25, 0.3) is 0 Å². The Morgan fingerprint density at radius 1 is 0.542 bits per heavy atom. The first-order chi connectivity index (χ1) is 28.6. The van der Waals surface area contributed by atoms with Crippen molar-refractivity contribution in [2.24, 2.45) is 0 Å². The van der Waals surface area contributed by atoms with E-state index >= 15 is 0 Å². The number of hydrogen-bond donors (Lipinski definition) is 0. The summed E-state index contributed by atoms with van der Waals surface area (Å²) in [6.45, 7) is 4.68. The Bertz CT molecular complexity index is 1130. The van der Waals surface area contributed by atoms with Gasteiger partial charge in [0.15, 0.2) is 6.10 Å². The number of likely N-dealkylation sites (N-methyl/N-ethyl adjacent to an activating group) is 1. The number of carbonyl (C=O) groups is 1. The smallest absolute Gasteiger partial charge is 0.306 e. The van der Waals surface area contributed by atoms with Crippen LogP contribution in [-0.4, -0.2) is 64.1 Å². The molecule has 0 aliphatic carbocycles. The molecule has 0 N–H and O–H groups in total. The third kappa shape index (κ3) is 47.0. The summed E-state index contributed by atoms with van der Waals surface area (Å²) in [5.74, 6) is -0.385.